The molecule has 0 aromatic carbocycles. The summed E-state index contributed by atoms with van der Waals surface area (Å²) in [6.45, 7) is 0.468. The first-order chi connectivity index (χ1) is 8.08. The van der Waals surface area contributed by atoms with Crippen molar-refractivity contribution in [3.8, 4) is 0 Å². The number of likely N-dealkylation sites (tertiary alicyclic amines) is 1. The summed E-state index contributed by atoms with van der Waals surface area (Å²) in [5.74, 6) is -0.535. The lowest BCUT2D eigenvalue weighted by Gasteiger charge is -2.20. The number of urea groups is 1. The number of aromatic nitrogens is 2. The molecule has 2 N–H and O–H groups in total. The molecule has 7 heteroatoms. The number of anilines is 1. The lowest BCUT2D eigenvalue weighted by atomic mass is 10.2. The fourth-order valence-corrected chi connectivity index (χ4v) is 1.93. The Kier molecular flexibility index (Phi) is 2.99. The van der Waals surface area contributed by atoms with Gasteiger partial charge in [-0.05, 0) is 12.8 Å². The van der Waals surface area contributed by atoms with Crippen LogP contribution in [0.2, 0.25) is 0 Å². The summed E-state index contributed by atoms with van der Waals surface area (Å²) in [6.07, 6.45) is 2.92. The van der Waals surface area contributed by atoms with Crippen LogP contribution in [0.15, 0.2) is 12.3 Å². The third kappa shape index (κ3) is 2.38. The SMILES string of the molecule is Cn1ccc(NC(=O)N2CCC[C@H]2C(=O)O)n1. The van der Waals surface area contributed by atoms with Gasteiger partial charge in [-0.1, -0.05) is 0 Å². The van der Waals surface area contributed by atoms with Crippen LogP contribution in [0.5, 0.6) is 0 Å². The van der Waals surface area contributed by atoms with Gasteiger partial charge in [0.05, 0.1) is 0 Å². The number of carbonyl (C=O) groups is 2. The molecule has 0 unspecified atom stereocenters. The molecule has 1 aromatic rings. The monoisotopic (exact) mass is 238 g/mol. The van der Waals surface area contributed by atoms with Crippen molar-refractivity contribution >= 4 is 17.8 Å². The highest BCUT2D eigenvalue weighted by Crippen LogP contribution is 2.18. The van der Waals surface area contributed by atoms with E-state index < -0.39 is 18.0 Å². The van der Waals surface area contributed by atoms with Crippen LogP contribution in [0.4, 0.5) is 10.6 Å². The minimum absolute atomic E-state index is 0.409. The molecule has 1 atom stereocenters. The predicted octanol–water partition coefficient (Wildman–Crippen LogP) is 0.501. The van der Waals surface area contributed by atoms with E-state index in [4.69, 9.17) is 5.11 Å². The molecule has 1 aromatic heterocycles. The Morgan fingerprint density at radius 2 is 2.35 bits per heavy atom. The van der Waals surface area contributed by atoms with E-state index in [-0.39, 0.29) is 0 Å². The number of rotatable bonds is 2. The Morgan fingerprint density at radius 1 is 1.59 bits per heavy atom. The molecule has 7 nitrogen and oxygen atoms in total. The van der Waals surface area contributed by atoms with Gasteiger partial charge >= 0.3 is 12.0 Å². The Morgan fingerprint density at radius 3 is 2.94 bits per heavy atom. The van der Waals surface area contributed by atoms with Crippen molar-refractivity contribution < 1.29 is 14.7 Å². The topological polar surface area (TPSA) is 87.5 Å². The summed E-state index contributed by atoms with van der Waals surface area (Å²) in [6, 6.07) is 0.524. The van der Waals surface area contributed by atoms with E-state index >= 15 is 0 Å². The van der Waals surface area contributed by atoms with Gasteiger partial charge < -0.3 is 10.0 Å². The highest BCUT2D eigenvalue weighted by atomic mass is 16.4. The van der Waals surface area contributed by atoms with Crippen LogP contribution in [0.25, 0.3) is 0 Å². The minimum atomic E-state index is -0.960. The van der Waals surface area contributed by atoms with Gasteiger partial charge in [0.1, 0.15) is 6.04 Å². The number of carbonyl (C=O) groups excluding carboxylic acids is 1. The van der Waals surface area contributed by atoms with Gasteiger partial charge in [0.2, 0.25) is 0 Å². The maximum Gasteiger partial charge on any atom is 0.326 e. The lowest BCUT2D eigenvalue weighted by molar-refractivity contribution is -0.141. The summed E-state index contributed by atoms with van der Waals surface area (Å²) in [5, 5.41) is 15.5. The number of carboxylic acid groups (broad SMARTS) is 1. The van der Waals surface area contributed by atoms with Gasteiger partial charge in [0.25, 0.3) is 0 Å². The number of amides is 2. The van der Waals surface area contributed by atoms with Gasteiger partial charge in [-0.3, -0.25) is 10.00 Å². The third-order valence-electron chi connectivity index (χ3n) is 2.75. The number of nitrogens with one attached hydrogen (secondary N) is 1. The van der Waals surface area contributed by atoms with Crippen LogP contribution in [0, 0.1) is 0 Å². The summed E-state index contributed by atoms with van der Waals surface area (Å²) < 4.78 is 1.56. The van der Waals surface area contributed by atoms with Crippen LogP contribution in [0.1, 0.15) is 12.8 Å². The number of aliphatic carboxylic acids is 1. The fraction of sp³-hybridized carbons (Fsp3) is 0.500. The molecule has 17 heavy (non-hydrogen) atoms. The largest absolute Gasteiger partial charge is 0.480 e. The van der Waals surface area contributed by atoms with Crippen LogP contribution >= 0.6 is 0 Å². The molecule has 2 rings (SSSR count). The first-order valence-electron chi connectivity index (χ1n) is 5.38. The Bertz CT molecular complexity index is 443. The average molecular weight is 238 g/mol. The molecule has 92 valence electrons. The normalized spacial score (nSPS) is 19.4. The molecular formula is C10H14N4O3. The first-order valence-corrected chi connectivity index (χ1v) is 5.38. The van der Waals surface area contributed by atoms with E-state index in [2.05, 4.69) is 10.4 Å². The minimum Gasteiger partial charge on any atom is -0.480 e. The maximum absolute atomic E-state index is 11.8. The van der Waals surface area contributed by atoms with Crippen molar-refractivity contribution in [2.75, 3.05) is 11.9 Å². The lowest BCUT2D eigenvalue weighted by Crippen LogP contribution is -2.42. The average Bonchev–Trinajstić information content (AvgIpc) is 2.86. The zero-order valence-corrected chi connectivity index (χ0v) is 9.46. The Hall–Kier alpha value is -2.05. The number of nitrogens with zero attached hydrogens (tertiary/aromatic N) is 3. The fourth-order valence-electron chi connectivity index (χ4n) is 1.93. The molecule has 2 heterocycles. The highest BCUT2D eigenvalue weighted by Gasteiger charge is 2.34. The molecule has 0 bridgehead atoms. The maximum atomic E-state index is 11.8. The smallest absolute Gasteiger partial charge is 0.326 e. The zero-order valence-electron chi connectivity index (χ0n) is 9.46. The van der Waals surface area contributed by atoms with E-state index in [9.17, 15) is 9.59 Å². The number of carboxylic acids is 1. The van der Waals surface area contributed by atoms with Crippen molar-refractivity contribution in [1.29, 1.82) is 0 Å². The standard InChI is InChI=1S/C10H14N4O3/c1-13-6-4-8(12-13)11-10(17)14-5-2-3-7(14)9(15)16/h4,6-7H,2-3,5H2,1H3,(H,15,16)(H,11,12,17)/t7-/m0/s1. The molecule has 1 fully saturated rings. The molecule has 0 radical (unpaired) electrons. The quantitative estimate of drug-likeness (QED) is 0.785. The van der Waals surface area contributed by atoms with Crippen LogP contribution in [-0.2, 0) is 11.8 Å². The predicted molar refractivity (Wildman–Crippen MR) is 59.6 cm³/mol. The Labute approximate surface area is 98.0 Å². The summed E-state index contributed by atoms with van der Waals surface area (Å²) in [4.78, 5) is 24.1. The molecule has 1 aliphatic rings. The van der Waals surface area contributed by atoms with Crippen LogP contribution < -0.4 is 5.32 Å². The van der Waals surface area contributed by atoms with Gasteiger partial charge in [-0.2, -0.15) is 5.10 Å². The highest BCUT2D eigenvalue weighted by molar-refractivity contribution is 5.91. The molecule has 0 saturated carbocycles. The van der Waals surface area contributed by atoms with Gasteiger partial charge in [-0.15, -0.1) is 0 Å². The molecular weight excluding hydrogens is 224 g/mol. The van der Waals surface area contributed by atoms with Crippen LogP contribution in [-0.4, -0.2) is 44.4 Å². The molecule has 1 aliphatic heterocycles. The Balaban J connectivity index is 2.02. The van der Waals surface area contributed by atoms with E-state index in [1.165, 1.54) is 4.90 Å². The number of hydrogen-bond acceptors (Lipinski definition) is 3. The van der Waals surface area contributed by atoms with Crippen molar-refractivity contribution in [3.63, 3.8) is 0 Å². The summed E-state index contributed by atoms with van der Waals surface area (Å²) >= 11 is 0. The van der Waals surface area contributed by atoms with E-state index in [1.54, 1.807) is 24.0 Å². The molecule has 1 saturated heterocycles. The van der Waals surface area contributed by atoms with Crippen molar-refractivity contribution in [2.24, 2.45) is 7.05 Å². The third-order valence-corrected chi connectivity index (χ3v) is 2.75. The van der Waals surface area contributed by atoms with E-state index in [1.807, 2.05) is 0 Å². The van der Waals surface area contributed by atoms with E-state index in [0.717, 1.165) is 0 Å². The number of aryl methyl sites for hydroxylation is 1. The van der Waals surface area contributed by atoms with E-state index in [0.29, 0.717) is 25.2 Å². The van der Waals surface area contributed by atoms with Gasteiger partial charge in [-0.25, -0.2) is 9.59 Å². The van der Waals surface area contributed by atoms with Crippen molar-refractivity contribution in [2.45, 2.75) is 18.9 Å². The van der Waals surface area contributed by atoms with Crippen molar-refractivity contribution in [1.82, 2.24) is 14.7 Å². The summed E-state index contributed by atoms with van der Waals surface area (Å²) in [5.41, 5.74) is 0. The van der Waals surface area contributed by atoms with Gasteiger partial charge in [0.15, 0.2) is 5.82 Å². The second-order valence-electron chi connectivity index (χ2n) is 3.99. The van der Waals surface area contributed by atoms with Crippen molar-refractivity contribution in [3.05, 3.63) is 12.3 Å². The van der Waals surface area contributed by atoms with Crippen LogP contribution in [0.3, 0.4) is 0 Å². The molecule has 0 aliphatic carbocycles. The molecule has 0 spiro atoms. The zero-order chi connectivity index (χ0) is 12.4. The first kappa shape index (κ1) is 11.4. The summed E-state index contributed by atoms with van der Waals surface area (Å²) in [7, 11) is 1.74. The second-order valence-corrected chi connectivity index (χ2v) is 3.99. The second kappa shape index (κ2) is 4.44. The van der Waals surface area contributed by atoms with Gasteiger partial charge in [0, 0.05) is 25.9 Å². The number of hydrogen-bond donors (Lipinski definition) is 2. The molecule has 2 amide bonds.